The Hall–Kier alpha value is -2.83. The Labute approximate surface area is 178 Å². The molecule has 0 unspecified atom stereocenters. The lowest BCUT2D eigenvalue weighted by atomic mass is 9.95. The van der Waals surface area contributed by atoms with Crippen LogP contribution in [0.4, 0.5) is 11.6 Å². The van der Waals surface area contributed by atoms with E-state index in [1.165, 1.54) is 11.1 Å². The first-order chi connectivity index (χ1) is 14.6. The lowest BCUT2D eigenvalue weighted by Gasteiger charge is -2.33. The number of ether oxygens (including phenoxy) is 2. The number of aryl methyl sites for hydroxylation is 1. The summed E-state index contributed by atoms with van der Waals surface area (Å²) >= 11 is 0. The largest absolute Gasteiger partial charge is 0.467 e. The Balaban J connectivity index is 1.63. The van der Waals surface area contributed by atoms with Gasteiger partial charge < -0.3 is 19.7 Å². The van der Waals surface area contributed by atoms with Crippen molar-refractivity contribution in [1.29, 1.82) is 0 Å². The molecule has 1 atom stereocenters. The Morgan fingerprint density at radius 1 is 1.27 bits per heavy atom. The molecule has 2 heterocycles. The number of nitrogens with one attached hydrogen (secondary N) is 1. The minimum atomic E-state index is -0.122. The lowest BCUT2D eigenvalue weighted by Crippen LogP contribution is -2.37. The van der Waals surface area contributed by atoms with E-state index < -0.39 is 0 Å². The third kappa shape index (κ3) is 6.34. The summed E-state index contributed by atoms with van der Waals surface area (Å²) in [6.45, 7) is 6.81. The van der Waals surface area contributed by atoms with E-state index in [1.54, 1.807) is 7.11 Å². The molecule has 0 bridgehead atoms. The third-order valence-corrected chi connectivity index (χ3v) is 5.32. The molecule has 7 heteroatoms. The van der Waals surface area contributed by atoms with Crippen LogP contribution in [0.3, 0.4) is 0 Å². The number of hydrogen-bond donors (Lipinski definition) is 1. The summed E-state index contributed by atoms with van der Waals surface area (Å²) in [5, 5.41) is 3.39. The number of esters is 1. The fourth-order valence-electron chi connectivity index (χ4n) is 3.74. The number of benzene rings is 1. The molecule has 0 spiro atoms. The number of carbonyl (C=O) groups is 1. The van der Waals surface area contributed by atoms with Gasteiger partial charge in [-0.25, -0.2) is 0 Å². The molecule has 3 rings (SSSR count). The maximum Gasteiger partial charge on any atom is 0.320 e. The summed E-state index contributed by atoms with van der Waals surface area (Å²) in [6.07, 6.45) is 3.41. The Bertz CT molecular complexity index is 826. The lowest BCUT2D eigenvalue weighted by molar-refractivity contribution is -0.144. The highest BCUT2D eigenvalue weighted by Gasteiger charge is 2.24. The van der Waals surface area contributed by atoms with Gasteiger partial charge in [0, 0.05) is 25.7 Å². The van der Waals surface area contributed by atoms with Crippen molar-refractivity contribution in [1.82, 2.24) is 9.97 Å². The maximum absolute atomic E-state index is 11.9. The average Bonchev–Trinajstić information content (AvgIpc) is 2.75. The molecule has 2 aromatic rings. The zero-order valence-corrected chi connectivity index (χ0v) is 18.2. The van der Waals surface area contributed by atoms with Crippen molar-refractivity contribution in [3.63, 3.8) is 0 Å². The van der Waals surface area contributed by atoms with Gasteiger partial charge in [-0.2, -0.15) is 9.97 Å². The van der Waals surface area contributed by atoms with E-state index in [2.05, 4.69) is 51.4 Å². The molecule has 1 saturated heterocycles. The molecular formula is C23H32N4O3. The van der Waals surface area contributed by atoms with E-state index in [0.717, 1.165) is 50.5 Å². The van der Waals surface area contributed by atoms with Gasteiger partial charge in [-0.05, 0) is 44.6 Å². The second-order valence-corrected chi connectivity index (χ2v) is 7.72. The summed E-state index contributed by atoms with van der Waals surface area (Å²) in [6, 6.07) is 10.9. The summed E-state index contributed by atoms with van der Waals surface area (Å²) in [4.78, 5) is 23.1. The Kier molecular flexibility index (Phi) is 7.88. The normalized spacial score (nSPS) is 16.2. The van der Waals surface area contributed by atoms with Crippen LogP contribution < -0.4 is 15.0 Å². The molecule has 0 saturated carbocycles. The highest BCUT2D eigenvalue weighted by atomic mass is 16.5. The predicted molar refractivity (Wildman–Crippen MR) is 118 cm³/mol. The Morgan fingerprint density at radius 3 is 2.80 bits per heavy atom. The highest BCUT2D eigenvalue weighted by molar-refractivity contribution is 5.69. The smallest absolute Gasteiger partial charge is 0.320 e. The monoisotopic (exact) mass is 412 g/mol. The van der Waals surface area contributed by atoms with E-state index in [4.69, 9.17) is 9.47 Å². The number of piperidine rings is 1. The zero-order chi connectivity index (χ0) is 21.3. The van der Waals surface area contributed by atoms with Crippen molar-refractivity contribution < 1.29 is 14.3 Å². The van der Waals surface area contributed by atoms with E-state index in [-0.39, 0.29) is 11.9 Å². The van der Waals surface area contributed by atoms with Crippen LogP contribution in [0.15, 0.2) is 30.3 Å². The van der Waals surface area contributed by atoms with Crippen molar-refractivity contribution in [2.45, 2.75) is 39.5 Å². The Morgan fingerprint density at radius 2 is 2.07 bits per heavy atom. The number of anilines is 2. The number of aromatic nitrogens is 2. The highest BCUT2D eigenvalue weighted by Crippen LogP contribution is 2.26. The predicted octanol–water partition coefficient (Wildman–Crippen LogP) is 3.62. The van der Waals surface area contributed by atoms with Crippen molar-refractivity contribution in [2.24, 2.45) is 5.92 Å². The number of rotatable bonds is 9. The molecule has 30 heavy (non-hydrogen) atoms. The molecule has 1 fully saturated rings. The van der Waals surface area contributed by atoms with Crippen LogP contribution >= 0.6 is 0 Å². The molecule has 162 valence electrons. The van der Waals surface area contributed by atoms with E-state index >= 15 is 0 Å². The topological polar surface area (TPSA) is 76.6 Å². The standard InChI is InChI=1S/C23H32N4O3/c1-4-30-22(28)14-19-6-5-13-27(16-19)21-15-20(25-23(26-21)29-3)24-12-11-18-9-7-17(2)8-10-18/h7-10,15,19H,4-6,11-14,16H2,1-3H3,(H,24,25,26)/t19-/m0/s1. The molecule has 1 aromatic heterocycles. The first-order valence-corrected chi connectivity index (χ1v) is 10.7. The molecule has 7 nitrogen and oxygen atoms in total. The van der Waals surface area contributed by atoms with Gasteiger partial charge in [0.05, 0.1) is 20.1 Å². The second-order valence-electron chi connectivity index (χ2n) is 7.72. The average molecular weight is 413 g/mol. The second kappa shape index (κ2) is 10.8. The van der Waals surface area contributed by atoms with E-state index in [9.17, 15) is 4.79 Å². The van der Waals surface area contributed by atoms with Crippen LogP contribution in [0.1, 0.15) is 37.3 Å². The van der Waals surface area contributed by atoms with Crippen LogP contribution in [-0.4, -0.2) is 49.3 Å². The summed E-state index contributed by atoms with van der Waals surface area (Å²) < 4.78 is 10.4. The number of hydrogen-bond acceptors (Lipinski definition) is 7. The van der Waals surface area contributed by atoms with Crippen LogP contribution in [-0.2, 0) is 16.0 Å². The summed E-state index contributed by atoms with van der Waals surface area (Å²) in [7, 11) is 1.58. The van der Waals surface area contributed by atoms with Gasteiger partial charge in [0.1, 0.15) is 11.6 Å². The van der Waals surface area contributed by atoms with Gasteiger partial charge in [-0.3, -0.25) is 4.79 Å². The fourth-order valence-corrected chi connectivity index (χ4v) is 3.74. The molecule has 1 aliphatic rings. The van der Waals surface area contributed by atoms with Crippen LogP contribution in [0.5, 0.6) is 6.01 Å². The van der Waals surface area contributed by atoms with Gasteiger partial charge in [-0.1, -0.05) is 29.8 Å². The molecular weight excluding hydrogens is 380 g/mol. The molecule has 0 radical (unpaired) electrons. The summed E-state index contributed by atoms with van der Waals surface area (Å²) in [5.41, 5.74) is 2.55. The minimum absolute atomic E-state index is 0.122. The van der Waals surface area contributed by atoms with Gasteiger partial charge in [0.2, 0.25) is 0 Å². The number of methoxy groups -OCH3 is 1. The van der Waals surface area contributed by atoms with Crippen LogP contribution in [0.25, 0.3) is 0 Å². The van der Waals surface area contributed by atoms with Crippen molar-refractivity contribution in [3.05, 3.63) is 41.5 Å². The van der Waals surface area contributed by atoms with Gasteiger partial charge in [0.15, 0.2) is 0 Å². The maximum atomic E-state index is 11.9. The fraction of sp³-hybridized carbons (Fsp3) is 0.522. The van der Waals surface area contributed by atoms with Crippen molar-refractivity contribution in [2.75, 3.05) is 43.6 Å². The minimum Gasteiger partial charge on any atom is -0.467 e. The third-order valence-electron chi connectivity index (χ3n) is 5.32. The quantitative estimate of drug-likeness (QED) is 0.630. The van der Waals surface area contributed by atoms with E-state index in [1.807, 2.05) is 13.0 Å². The van der Waals surface area contributed by atoms with E-state index in [0.29, 0.717) is 19.0 Å². The number of nitrogens with zero attached hydrogens (tertiary/aromatic N) is 3. The molecule has 1 aliphatic heterocycles. The van der Waals surface area contributed by atoms with Gasteiger partial charge >= 0.3 is 12.0 Å². The molecule has 1 N–H and O–H groups in total. The van der Waals surface area contributed by atoms with Crippen molar-refractivity contribution in [3.8, 4) is 6.01 Å². The van der Waals surface area contributed by atoms with Crippen molar-refractivity contribution >= 4 is 17.6 Å². The SMILES string of the molecule is CCOC(=O)C[C@@H]1CCCN(c2cc(NCCc3ccc(C)cc3)nc(OC)n2)C1. The molecule has 0 aliphatic carbocycles. The van der Waals surface area contributed by atoms with Gasteiger partial charge in [-0.15, -0.1) is 0 Å². The zero-order valence-electron chi connectivity index (χ0n) is 18.2. The molecule has 1 aromatic carbocycles. The first-order valence-electron chi connectivity index (χ1n) is 10.7. The van der Waals surface area contributed by atoms with Crippen LogP contribution in [0.2, 0.25) is 0 Å². The summed E-state index contributed by atoms with van der Waals surface area (Å²) in [5.74, 6) is 1.73. The number of carbonyl (C=O) groups excluding carboxylic acids is 1. The van der Waals surface area contributed by atoms with Crippen LogP contribution in [0, 0.1) is 12.8 Å². The van der Waals surface area contributed by atoms with Gasteiger partial charge in [0.25, 0.3) is 0 Å². The first kappa shape index (κ1) is 21.9. The molecule has 0 amide bonds.